The minimum absolute atomic E-state index is 0.227. The minimum atomic E-state index is -3.49. The largest absolute Gasteiger partial charge is 0.283 e. The molecule has 2 rings (SSSR count). The highest BCUT2D eigenvalue weighted by Crippen LogP contribution is 2.13. The maximum Gasteiger partial charge on any atom is 0.240 e. The highest BCUT2D eigenvalue weighted by atomic mass is 79.9. The number of sulfonamides is 1. The number of nitrogens with one attached hydrogen (secondary N) is 2. The van der Waals surface area contributed by atoms with E-state index in [4.69, 9.17) is 0 Å². The zero-order valence-corrected chi connectivity index (χ0v) is 12.8. The molecule has 1 aromatic heterocycles. The molecule has 0 atom stereocenters. The number of hydrogen-bond acceptors (Lipinski definition) is 3. The molecular weight excluding hydrogens is 330 g/mol. The topological polar surface area (TPSA) is 74.8 Å². The van der Waals surface area contributed by atoms with Crippen LogP contribution in [0.5, 0.6) is 0 Å². The third kappa shape index (κ3) is 3.43. The third-order valence-corrected chi connectivity index (χ3v) is 4.84. The molecule has 1 aromatic carbocycles. The SMILES string of the molecule is Cc1[nH]ncc1CNS(=O)(=O)c1ccc(CBr)cc1. The molecule has 0 saturated carbocycles. The Kier molecular flexibility index (Phi) is 4.38. The Morgan fingerprint density at radius 2 is 2.00 bits per heavy atom. The summed E-state index contributed by atoms with van der Waals surface area (Å²) in [5.41, 5.74) is 2.72. The van der Waals surface area contributed by atoms with Gasteiger partial charge in [0.1, 0.15) is 0 Å². The smallest absolute Gasteiger partial charge is 0.240 e. The first-order chi connectivity index (χ1) is 9.03. The molecule has 7 heteroatoms. The zero-order valence-electron chi connectivity index (χ0n) is 10.4. The van der Waals surface area contributed by atoms with Crippen molar-refractivity contribution in [2.75, 3.05) is 0 Å². The van der Waals surface area contributed by atoms with E-state index in [2.05, 4.69) is 30.8 Å². The number of benzene rings is 1. The third-order valence-electron chi connectivity index (χ3n) is 2.77. The van der Waals surface area contributed by atoms with Gasteiger partial charge in [0.05, 0.1) is 11.1 Å². The summed E-state index contributed by atoms with van der Waals surface area (Å²) in [5.74, 6) is 0. The summed E-state index contributed by atoms with van der Waals surface area (Å²) in [5, 5.41) is 7.33. The number of hydrogen-bond donors (Lipinski definition) is 2. The molecule has 1 heterocycles. The molecule has 102 valence electrons. The van der Waals surface area contributed by atoms with Crippen LogP contribution in [-0.2, 0) is 21.9 Å². The predicted molar refractivity (Wildman–Crippen MR) is 76.4 cm³/mol. The van der Waals surface area contributed by atoms with Crippen molar-refractivity contribution in [3.8, 4) is 0 Å². The van der Waals surface area contributed by atoms with Gasteiger partial charge in [0.25, 0.3) is 0 Å². The van der Waals surface area contributed by atoms with Crippen molar-refractivity contribution in [3.05, 3.63) is 47.3 Å². The molecule has 2 aromatic rings. The quantitative estimate of drug-likeness (QED) is 0.816. The van der Waals surface area contributed by atoms with Gasteiger partial charge in [0.15, 0.2) is 0 Å². The summed E-state index contributed by atoms with van der Waals surface area (Å²) in [6.07, 6.45) is 1.62. The van der Waals surface area contributed by atoms with Gasteiger partial charge in [-0.2, -0.15) is 5.10 Å². The average Bonchev–Trinajstić information content (AvgIpc) is 2.82. The molecule has 0 radical (unpaired) electrons. The van der Waals surface area contributed by atoms with Gasteiger partial charge in [-0.05, 0) is 24.6 Å². The second kappa shape index (κ2) is 5.85. The van der Waals surface area contributed by atoms with Crippen molar-refractivity contribution in [3.63, 3.8) is 0 Å². The van der Waals surface area contributed by atoms with Gasteiger partial charge in [-0.3, -0.25) is 5.10 Å². The van der Waals surface area contributed by atoms with Gasteiger partial charge in [-0.25, -0.2) is 13.1 Å². The van der Waals surface area contributed by atoms with E-state index in [1.54, 1.807) is 30.5 Å². The van der Waals surface area contributed by atoms with Crippen LogP contribution in [0.4, 0.5) is 0 Å². The lowest BCUT2D eigenvalue weighted by Gasteiger charge is -2.06. The van der Waals surface area contributed by atoms with Crippen LogP contribution in [0.25, 0.3) is 0 Å². The highest BCUT2D eigenvalue weighted by molar-refractivity contribution is 9.08. The van der Waals surface area contributed by atoms with E-state index < -0.39 is 10.0 Å². The fourth-order valence-electron chi connectivity index (χ4n) is 1.57. The molecule has 19 heavy (non-hydrogen) atoms. The Hall–Kier alpha value is -1.18. The van der Waals surface area contributed by atoms with Gasteiger partial charge in [-0.15, -0.1) is 0 Å². The van der Waals surface area contributed by atoms with Crippen molar-refractivity contribution in [2.45, 2.75) is 23.7 Å². The maximum atomic E-state index is 12.1. The Labute approximate surface area is 120 Å². The summed E-state index contributed by atoms with van der Waals surface area (Å²) in [6, 6.07) is 6.77. The summed E-state index contributed by atoms with van der Waals surface area (Å²) in [4.78, 5) is 0.262. The number of aryl methyl sites for hydroxylation is 1. The monoisotopic (exact) mass is 343 g/mol. The minimum Gasteiger partial charge on any atom is -0.283 e. The lowest BCUT2D eigenvalue weighted by Crippen LogP contribution is -2.23. The van der Waals surface area contributed by atoms with Crippen LogP contribution in [0.3, 0.4) is 0 Å². The maximum absolute atomic E-state index is 12.1. The standard InChI is InChI=1S/C12H14BrN3O2S/c1-9-11(7-14-16-9)8-15-19(17,18)12-4-2-10(6-13)3-5-12/h2-5,7,15H,6,8H2,1H3,(H,14,16). The Bertz CT molecular complexity index is 650. The Morgan fingerprint density at radius 1 is 1.32 bits per heavy atom. The van der Waals surface area contributed by atoms with E-state index in [1.165, 1.54) is 0 Å². The van der Waals surface area contributed by atoms with E-state index in [0.29, 0.717) is 5.33 Å². The molecule has 2 N–H and O–H groups in total. The van der Waals surface area contributed by atoms with Crippen LogP contribution in [0, 0.1) is 6.92 Å². The van der Waals surface area contributed by atoms with E-state index in [9.17, 15) is 8.42 Å². The van der Waals surface area contributed by atoms with Crippen LogP contribution in [0.2, 0.25) is 0 Å². The number of rotatable bonds is 5. The van der Waals surface area contributed by atoms with Crippen molar-refractivity contribution in [1.82, 2.24) is 14.9 Å². The molecule has 0 unspecified atom stereocenters. The highest BCUT2D eigenvalue weighted by Gasteiger charge is 2.14. The van der Waals surface area contributed by atoms with E-state index >= 15 is 0 Å². The first-order valence-corrected chi connectivity index (χ1v) is 8.27. The molecule has 0 aliphatic rings. The van der Waals surface area contributed by atoms with Crippen LogP contribution in [0.15, 0.2) is 35.4 Å². The number of aromatic amines is 1. The van der Waals surface area contributed by atoms with E-state index in [0.717, 1.165) is 16.8 Å². The second-order valence-corrected chi connectivity index (χ2v) is 6.45. The summed E-state index contributed by atoms with van der Waals surface area (Å²) in [6.45, 7) is 2.08. The number of nitrogens with zero attached hydrogens (tertiary/aromatic N) is 1. The summed E-state index contributed by atoms with van der Waals surface area (Å²) >= 11 is 3.32. The first-order valence-electron chi connectivity index (χ1n) is 5.66. The first kappa shape index (κ1) is 14.2. The molecular formula is C12H14BrN3O2S. The number of H-pyrrole nitrogens is 1. The fraction of sp³-hybridized carbons (Fsp3) is 0.250. The van der Waals surface area contributed by atoms with Gasteiger partial charge in [-0.1, -0.05) is 28.1 Å². The van der Waals surface area contributed by atoms with Crippen LogP contribution in [-0.4, -0.2) is 18.6 Å². The van der Waals surface area contributed by atoms with Crippen molar-refractivity contribution in [1.29, 1.82) is 0 Å². The fourth-order valence-corrected chi connectivity index (χ4v) is 2.95. The van der Waals surface area contributed by atoms with Gasteiger partial charge < -0.3 is 0 Å². The molecule has 0 aliphatic carbocycles. The average molecular weight is 344 g/mol. The number of halogens is 1. The van der Waals surface area contributed by atoms with E-state index in [1.807, 2.05) is 6.92 Å². The molecule has 0 spiro atoms. The van der Waals surface area contributed by atoms with Crippen molar-refractivity contribution >= 4 is 26.0 Å². The van der Waals surface area contributed by atoms with Crippen LogP contribution in [0.1, 0.15) is 16.8 Å². The normalized spacial score (nSPS) is 11.7. The number of alkyl halides is 1. The Morgan fingerprint density at radius 3 is 2.53 bits per heavy atom. The van der Waals surface area contributed by atoms with E-state index in [-0.39, 0.29) is 11.4 Å². The lowest BCUT2D eigenvalue weighted by atomic mass is 10.2. The number of aromatic nitrogens is 2. The van der Waals surface area contributed by atoms with Gasteiger partial charge >= 0.3 is 0 Å². The van der Waals surface area contributed by atoms with Gasteiger partial charge in [0, 0.05) is 23.1 Å². The van der Waals surface area contributed by atoms with Gasteiger partial charge in [0.2, 0.25) is 10.0 Å². The lowest BCUT2D eigenvalue weighted by molar-refractivity contribution is 0.581. The Balaban J connectivity index is 2.11. The molecule has 5 nitrogen and oxygen atoms in total. The summed E-state index contributed by atoms with van der Waals surface area (Å²) < 4.78 is 26.7. The van der Waals surface area contributed by atoms with Crippen molar-refractivity contribution in [2.24, 2.45) is 0 Å². The molecule has 0 amide bonds. The molecule has 0 bridgehead atoms. The molecule has 0 saturated heterocycles. The van der Waals surface area contributed by atoms with Crippen LogP contribution < -0.4 is 4.72 Å². The second-order valence-electron chi connectivity index (χ2n) is 4.12. The molecule has 0 fully saturated rings. The predicted octanol–water partition coefficient (Wildman–Crippen LogP) is 2.09. The van der Waals surface area contributed by atoms with Crippen molar-refractivity contribution < 1.29 is 8.42 Å². The summed E-state index contributed by atoms with van der Waals surface area (Å²) in [7, 11) is -3.49. The molecule has 0 aliphatic heterocycles. The van der Waals surface area contributed by atoms with Crippen LogP contribution >= 0.6 is 15.9 Å². The zero-order chi connectivity index (χ0) is 13.9.